The van der Waals surface area contributed by atoms with E-state index >= 15 is 0 Å². The van der Waals surface area contributed by atoms with Crippen molar-refractivity contribution < 1.29 is 23.9 Å². The van der Waals surface area contributed by atoms with Gasteiger partial charge in [0.1, 0.15) is 16.5 Å². The largest absolute Gasteiger partial charge is 0.462 e. The summed E-state index contributed by atoms with van der Waals surface area (Å²) in [5, 5.41) is 5.91. The van der Waals surface area contributed by atoms with Gasteiger partial charge >= 0.3 is 18.0 Å². The Morgan fingerprint density at radius 3 is 2.35 bits per heavy atom. The van der Waals surface area contributed by atoms with E-state index in [1.165, 1.54) is 0 Å². The van der Waals surface area contributed by atoms with Gasteiger partial charge in [-0.15, -0.1) is 11.3 Å². The molecular weight excluding hydrogens is 488 g/mol. The van der Waals surface area contributed by atoms with Crippen molar-refractivity contribution in [2.75, 3.05) is 11.9 Å². The second-order valence-electron chi connectivity index (χ2n) is 9.11. The number of urea groups is 1. The molecule has 2 N–H and O–H groups in total. The molecular formula is C29H32N2O5S. The maximum atomic E-state index is 13.1. The molecule has 0 aliphatic rings. The molecule has 0 bridgehead atoms. The summed E-state index contributed by atoms with van der Waals surface area (Å²) in [6, 6.07) is 16.5. The van der Waals surface area contributed by atoms with Crippen LogP contribution in [0.15, 0.2) is 61.2 Å². The minimum atomic E-state index is -0.733. The summed E-state index contributed by atoms with van der Waals surface area (Å²) in [5.74, 6) is -1.20. The summed E-state index contributed by atoms with van der Waals surface area (Å²) in [7, 11) is 0. The average Bonchev–Trinajstić information content (AvgIpc) is 3.18. The third-order valence-electron chi connectivity index (χ3n) is 5.75. The van der Waals surface area contributed by atoms with Gasteiger partial charge in [-0.3, -0.25) is 5.32 Å². The molecule has 0 aliphatic heterocycles. The highest BCUT2D eigenvalue weighted by atomic mass is 32.1. The summed E-state index contributed by atoms with van der Waals surface area (Å²) in [6.07, 6.45) is 0. The molecule has 3 aromatic rings. The molecule has 0 aliphatic carbocycles. The van der Waals surface area contributed by atoms with Crippen LogP contribution in [-0.4, -0.2) is 24.6 Å². The summed E-state index contributed by atoms with van der Waals surface area (Å²) < 4.78 is 10.7. The number of carbonyl (C=O) groups is 3. The van der Waals surface area contributed by atoms with Gasteiger partial charge < -0.3 is 14.8 Å². The molecule has 1 heterocycles. The van der Waals surface area contributed by atoms with Crippen molar-refractivity contribution in [3.8, 4) is 0 Å². The topological polar surface area (TPSA) is 93.7 Å². The molecule has 0 fully saturated rings. The molecule has 0 unspecified atom stereocenters. The van der Waals surface area contributed by atoms with Gasteiger partial charge in [0.25, 0.3) is 0 Å². The summed E-state index contributed by atoms with van der Waals surface area (Å²) in [5.41, 5.74) is 3.42. The van der Waals surface area contributed by atoms with E-state index in [4.69, 9.17) is 9.47 Å². The number of ether oxygens (including phenoxy) is 2. The lowest BCUT2D eigenvalue weighted by molar-refractivity contribution is 0.0477. The van der Waals surface area contributed by atoms with Gasteiger partial charge in [0.2, 0.25) is 0 Å². The van der Waals surface area contributed by atoms with Gasteiger partial charge in [-0.05, 0) is 62.9 Å². The Kier molecular flexibility index (Phi) is 8.89. The molecule has 37 heavy (non-hydrogen) atoms. The number of hydrogen-bond acceptors (Lipinski definition) is 6. The van der Waals surface area contributed by atoms with Crippen LogP contribution in [0.4, 0.5) is 9.80 Å². The quantitative estimate of drug-likeness (QED) is 0.307. The first-order valence-electron chi connectivity index (χ1n) is 11.9. The molecule has 0 radical (unpaired) electrons. The van der Waals surface area contributed by atoms with Crippen LogP contribution in [0.5, 0.6) is 0 Å². The summed E-state index contributed by atoms with van der Waals surface area (Å²) >= 11 is 0.981. The summed E-state index contributed by atoms with van der Waals surface area (Å²) in [6.45, 7) is 13.2. The van der Waals surface area contributed by atoms with Crippen LogP contribution in [0.3, 0.4) is 0 Å². The van der Waals surface area contributed by atoms with E-state index < -0.39 is 23.5 Å². The number of thiophene rings is 1. The normalized spacial score (nSPS) is 10.9. The first-order valence-corrected chi connectivity index (χ1v) is 12.7. The minimum Gasteiger partial charge on any atom is -0.462 e. The molecule has 1 aromatic heterocycles. The van der Waals surface area contributed by atoms with E-state index in [2.05, 4.69) is 17.2 Å². The predicted octanol–water partition coefficient (Wildman–Crippen LogP) is 6.68. The Labute approximate surface area is 221 Å². The van der Waals surface area contributed by atoms with Gasteiger partial charge in [-0.2, -0.15) is 0 Å². The van der Waals surface area contributed by atoms with E-state index in [9.17, 15) is 14.4 Å². The van der Waals surface area contributed by atoms with Gasteiger partial charge in [-0.1, -0.05) is 60.7 Å². The van der Waals surface area contributed by atoms with Crippen LogP contribution in [0.1, 0.15) is 70.0 Å². The number of rotatable bonds is 9. The SMILES string of the molecule is C=C(C)c1cccc(C(C)(C)NC(=O)Nc2sc(C(=O)OCc3ccccc3)c(C)c2C(=O)OCC)c1. The molecule has 2 amide bonds. The Morgan fingerprint density at radius 1 is 1.00 bits per heavy atom. The van der Waals surface area contributed by atoms with Crippen LogP contribution in [0.2, 0.25) is 0 Å². The van der Waals surface area contributed by atoms with Crippen molar-refractivity contribution in [2.24, 2.45) is 0 Å². The molecule has 8 heteroatoms. The fourth-order valence-corrected chi connectivity index (χ4v) is 4.78. The number of anilines is 1. The Balaban J connectivity index is 1.83. The van der Waals surface area contributed by atoms with Crippen molar-refractivity contribution in [2.45, 2.75) is 46.8 Å². The molecule has 0 spiro atoms. The number of esters is 2. The number of allylic oxidation sites excluding steroid dienone is 1. The monoisotopic (exact) mass is 520 g/mol. The predicted molar refractivity (Wildman–Crippen MR) is 147 cm³/mol. The maximum absolute atomic E-state index is 13.1. The van der Waals surface area contributed by atoms with Crippen molar-refractivity contribution in [3.05, 3.63) is 93.9 Å². The number of amides is 2. The van der Waals surface area contributed by atoms with Crippen molar-refractivity contribution >= 4 is 39.9 Å². The third-order valence-corrected chi connectivity index (χ3v) is 6.94. The maximum Gasteiger partial charge on any atom is 0.349 e. The van der Waals surface area contributed by atoms with E-state index in [1.807, 2.05) is 75.4 Å². The van der Waals surface area contributed by atoms with Crippen molar-refractivity contribution in [1.29, 1.82) is 0 Å². The van der Waals surface area contributed by atoms with Gasteiger partial charge in [0, 0.05) is 0 Å². The fraction of sp³-hybridized carbons (Fsp3) is 0.276. The van der Waals surface area contributed by atoms with Crippen molar-refractivity contribution in [3.63, 3.8) is 0 Å². The molecule has 3 rings (SSSR count). The highest BCUT2D eigenvalue weighted by Gasteiger charge is 2.29. The Bertz CT molecular complexity index is 1310. The molecule has 194 valence electrons. The van der Waals surface area contributed by atoms with Crippen LogP contribution in [0, 0.1) is 6.92 Å². The molecule has 2 aromatic carbocycles. The van der Waals surface area contributed by atoms with Crippen molar-refractivity contribution in [1.82, 2.24) is 5.32 Å². The second kappa shape index (κ2) is 11.9. The first kappa shape index (κ1) is 27.7. The zero-order valence-corrected chi connectivity index (χ0v) is 22.6. The lowest BCUT2D eigenvalue weighted by Crippen LogP contribution is -2.43. The highest BCUT2D eigenvalue weighted by molar-refractivity contribution is 7.18. The zero-order valence-electron chi connectivity index (χ0n) is 21.8. The molecule has 0 atom stereocenters. The first-order chi connectivity index (χ1) is 17.5. The smallest absolute Gasteiger partial charge is 0.349 e. The fourth-order valence-electron chi connectivity index (χ4n) is 3.70. The van der Waals surface area contributed by atoms with E-state index in [1.54, 1.807) is 13.8 Å². The standard InChI is InChI=1S/C29H32N2O5S/c1-7-35-26(32)23-19(4)24(27(33)36-17-20-12-9-8-10-13-20)37-25(23)30-28(34)31-29(5,6)22-15-11-14-21(16-22)18(2)3/h8-16H,2,7,17H2,1,3-6H3,(H2,30,31,34). The number of nitrogens with one attached hydrogen (secondary N) is 2. The highest BCUT2D eigenvalue weighted by Crippen LogP contribution is 2.35. The van der Waals surface area contributed by atoms with Crippen LogP contribution in [-0.2, 0) is 21.6 Å². The lowest BCUT2D eigenvalue weighted by Gasteiger charge is -2.27. The van der Waals surface area contributed by atoms with Crippen LogP contribution < -0.4 is 10.6 Å². The molecule has 0 saturated carbocycles. The molecule has 0 saturated heterocycles. The van der Waals surface area contributed by atoms with Crippen LogP contribution >= 0.6 is 11.3 Å². The third kappa shape index (κ3) is 6.86. The zero-order chi connectivity index (χ0) is 27.2. The average molecular weight is 521 g/mol. The second-order valence-corrected chi connectivity index (χ2v) is 10.1. The van der Waals surface area contributed by atoms with E-state index in [-0.39, 0.29) is 28.7 Å². The van der Waals surface area contributed by atoms with E-state index in [0.717, 1.165) is 33.6 Å². The Hall–Kier alpha value is -3.91. The minimum absolute atomic E-state index is 0.0897. The van der Waals surface area contributed by atoms with Gasteiger partial charge in [0.05, 0.1) is 17.7 Å². The molecule has 7 nitrogen and oxygen atoms in total. The van der Waals surface area contributed by atoms with E-state index in [0.29, 0.717) is 5.56 Å². The number of carbonyl (C=O) groups excluding carboxylic acids is 3. The summed E-state index contributed by atoms with van der Waals surface area (Å²) in [4.78, 5) is 38.9. The van der Waals surface area contributed by atoms with Gasteiger partial charge in [-0.25, -0.2) is 14.4 Å². The number of hydrogen-bond donors (Lipinski definition) is 2. The van der Waals surface area contributed by atoms with Gasteiger partial charge in [0.15, 0.2) is 0 Å². The lowest BCUT2D eigenvalue weighted by atomic mass is 9.92. The Morgan fingerprint density at radius 2 is 1.70 bits per heavy atom. The van der Waals surface area contributed by atoms with Crippen LogP contribution in [0.25, 0.3) is 5.57 Å². The number of benzene rings is 2.